The predicted molar refractivity (Wildman–Crippen MR) is 60.0 cm³/mol. The first-order valence-electron chi connectivity index (χ1n) is 5.12. The van der Waals surface area contributed by atoms with Gasteiger partial charge in [0, 0.05) is 26.5 Å². The zero-order chi connectivity index (χ0) is 12.7. The Morgan fingerprint density at radius 1 is 1.53 bits per heavy atom. The molecule has 0 unspecified atom stereocenters. The van der Waals surface area contributed by atoms with E-state index in [0.717, 1.165) is 0 Å². The maximum Gasteiger partial charge on any atom is 0.338 e. The van der Waals surface area contributed by atoms with Crippen molar-refractivity contribution in [3.8, 4) is 0 Å². The maximum absolute atomic E-state index is 11.7. The van der Waals surface area contributed by atoms with E-state index in [1.54, 1.807) is 7.11 Å². The monoisotopic (exact) mass is 238 g/mol. The lowest BCUT2D eigenvalue weighted by Crippen LogP contribution is -2.28. The maximum atomic E-state index is 11.7. The van der Waals surface area contributed by atoms with Gasteiger partial charge in [0.2, 0.25) is 0 Å². The van der Waals surface area contributed by atoms with Gasteiger partial charge in [0.05, 0.1) is 5.56 Å². The summed E-state index contributed by atoms with van der Waals surface area (Å²) in [4.78, 5) is 26.3. The van der Waals surface area contributed by atoms with E-state index in [1.807, 2.05) is 0 Å². The molecule has 1 aromatic rings. The van der Waals surface area contributed by atoms with Crippen molar-refractivity contribution in [3.63, 3.8) is 0 Å². The molecule has 0 atom stereocenters. The van der Waals surface area contributed by atoms with Crippen LogP contribution in [-0.2, 0) is 4.74 Å². The standard InChI is InChI=1S/C11H14N2O4/c1-17-7-3-6-13-10(14)9-8(11(15)16)4-2-5-12-9/h2,4-5H,3,6-7H2,1H3,(H,13,14)(H,15,16). The zero-order valence-corrected chi connectivity index (χ0v) is 9.47. The van der Waals surface area contributed by atoms with Crippen molar-refractivity contribution in [1.82, 2.24) is 10.3 Å². The normalized spacial score (nSPS) is 9.94. The minimum atomic E-state index is -1.17. The van der Waals surface area contributed by atoms with E-state index in [1.165, 1.54) is 18.3 Å². The Morgan fingerprint density at radius 3 is 2.94 bits per heavy atom. The van der Waals surface area contributed by atoms with Crippen molar-refractivity contribution in [2.75, 3.05) is 20.3 Å². The molecule has 0 aliphatic carbocycles. The summed E-state index contributed by atoms with van der Waals surface area (Å²) < 4.78 is 4.83. The fourth-order valence-electron chi connectivity index (χ4n) is 1.26. The molecule has 0 saturated carbocycles. The number of amides is 1. The second-order valence-corrected chi connectivity index (χ2v) is 3.31. The van der Waals surface area contributed by atoms with Crippen molar-refractivity contribution in [3.05, 3.63) is 29.6 Å². The van der Waals surface area contributed by atoms with E-state index in [2.05, 4.69) is 10.3 Å². The van der Waals surface area contributed by atoms with Crippen molar-refractivity contribution in [2.45, 2.75) is 6.42 Å². The van der Waals surface area contributed by atoms with E-state index in [9.17, 15) is 9.59 Å². The van der Waals surface area contributed by atoms with Crippen molar-refractivity contribution >= 4 is 11.9 Å². The molecule has 0 aromatic carbocycles. The van der Waals surface area contributed by atoms with E-state index in [4.69, 9.17) is 9.84 Å². The summed E-state index contributed by atoms with van der Waals surface area (Å²) in [6.45, 7) is 0.955. The van der Waals surface area contributed by atoms with Gasteiger partial charge in [-0.15, -0.1) is 0 Å². The smallest absolute Gasteiger partial charge is 0.338 e. The Hall–Kier alpha value is -1.95. The van der Waals surface area contributed by atoms with Gasteiger partial charge in [-0.2, -0.15) is 0 Å². The summed E-state index contributed by atoms with van der Waals surface area (Å²) in [6.07, 6.45) is 2.05. The largest absolute Gasteiger partial charge is 0.478 e. The number of hydrogen-bond acceptors (Lipinski definition) is 4. The van der Waals surface area contributed by atoms with Crippen LogP contribution in [0.4, 0.5) is 0 Å². The number of carboxylic acids is 1. The second kappa shape index (κ2) is 6.59. The number of methoxy groups -OCH3 is 1. The number of carboxylic acid groups (broad SMARTS) is 1. The van der Waals surface area contributed by atoms with Gasteiger partial charge >= 0.3 is 5.97 Å². The van der Waals surface area contributed by atoms with Gasteiger partial charge in [0.1, 0.15) is 5.69 Å². The molecule has 0 bridgehead atoms. The molecular formula is C11H14N2O4. The third kappa shape index (κ3) is 3.84. The van der Waals surface area contributed by atoms with Gasteiger partial charge in [-0.1, -0.05) is 0 Å². The number of carbonyl (C=O) groups is 2. The molecule has 0 radical (unpaired) electrons. The minimum Gasteiger partial charge on any atom is -0.478 e. The number of ether oxygens (including phenoxy) is 1. The molecule has 0 saturated heterocycles. The molecular weight excluding hydrogens is 224 g/mol. The number of nitrogens with zero attached hydrogens (tertiary/aromatic N) is 1. The van der Waals surface area contributed by atoms with Crippen LogP contribution in [0.3, 0.4) is 0 Å². The highest BCUT2D eigenvalue weighted by atomic mass is 16.5. The second-order valence-electron chi connectivity index (χ2n) is 3.31. The highest BCUT2D eigenvalue weighted by Crippen LogP contribution is 2.04. The van der Waals surface area contributed by atoms with Crippen LogP contribution in [0.25, 0.3) is 0 Å². The SMILES string of the molecule is COCCCNC(=O)c1ncccc1C(=O)O. The lowest BCUT2D eigenvalue weighted by atomic mass is 10.2. The quantitative estimate of drug-likeness (QED) is 0.706. The Balaban J connectivity index is 2.65. The van der Waals surface area contributed by atoms with Crippen LogP contribution < -0.4 is 5.32 Å². The zero-order valence-electron chi connectivity index (χ0n) is 9.47. The molecule has 1 heterocycles. The van der Waals surface area contributed by atoms with E-state index in [-0.39, 0.29) is 11.3 Å². The third-order valence-electron chi connectivity index (χ3n) is 2.06. The molecule has 6 heteroatoms. The van der Waals surface area contributed by atoms with Gasteiger partial charge in [-0.25, -0.2) is 4.79 Å². The molecule has 6 nitrogen and oxygen atoms in total. The number of aromatic nitrogens is 1. The first kappa shape index (κ1) is 13.1. The number of carbonyl (C=O) groups excluding carboxylic acids is 1. The first-order valence-corrected chi connectivity index (χ1v) is 5.12. The third-order valence-corrected chi connectivity index (χ3v) is 2.06. The predicted octanol–water partition coefficient (Wildman–Crippen LogP) is 0.546. The fourth-order valence-corrected chi connectivity index (χ4v) is 1.26. The Kier molecular flexibility index (Phi) is 5.09. The molecule has 92 valence electrons. The highest BCUT2D eigenvalue weighted by Gasteiger charge is 2.16. The summed E-state index contributed by atoms with van der Waals surface area (Å²) in [5.41, 5.74) is -0.172. The minimum absolute atomic E-state index is 0.0718. The Bertz CT molecular complexity index is 406. The van der Waals surface area contributed by atoms with Crippen LogP contribution in [0.2, 0.25) is 0 Å². The van der Waals surface area contributed by atoms with Gasteiger partial charge in [-0.3, -0.25) is 9.78 Å². The molecule has 1 rings (SSSR count). The molecule has 17 heavy (non-hydrogen) atoms. The lowest BCUT2D eigenvalue weighted by molar-refractivity contribution is 0.0690. The average molecular weight is 238 g/mol. The molecule has 2 N–H and O–H groups in total. The number of aromatic carboxylic acids is 1. The fraction of sp³-hybridized carbons (Fsp3) is 0.364. The molecule has 1 amide bonds. The van der Waals surface area contributed by atoms with Gasteiger partial charge < -0.3 is 15.2 Å². The van der Waals surface area contributed by atoms with Crippen molar-refractivity contribution in [1.29, 1.82) is 0 Å². The summed E-state index contributed by atoms with van der Waals surface area (Å²) in [5.74, 6) is -1.65. The van der Waals surface area contributed by atoms with Crippen LogP contribution in [-0.4, -0.2) is 42.2 Å². The molecule has 0 aliphatic rings. The summed E-state index contributed by atoms with van der Waals surface area (Å²) in [7, 11) is 1.57. The summed E-state index contributed by atoms with van der Waals surface area (Å²) in [6, 6.07) is 2.82. The summed E-state index contributed by atoms with van der Waals surface area (Å²) in [5, 5.41) is 11.5. The number of rotatable bonds is 6. The van der Waals surface area contributed by atoms with Crippen LogP contribution in [0, 0.1) is 0 Å². The number of hydrogen-bond donors (Lipinski definition) is 2. The van der Waals surface area contributed by atoms with Gasteiger partial charge in [-0.05, 0) is 18.6 Å². The van der Waals surface area contributed by atoms with E-state index >= 15 is 0 Å². The van der Waals surface area contributed by atoms with E-state index < -0.39 is 11.9 Å². The first-order chi connectivity index (χ1) is 8.16. The number of nitrogens with one attached hydrogen (secondary N) is 1. The van der Waals surface area contributed by atoms with Crippen LogP contribution in [0.5, 0.6) is 0 Å². The average Bonchev–Trinajstić information content (AvgIpc) is 2.34. The molecule has 0 aliphatic heterocycles. The number of pyridine rings is 1. The molecule has 0 fully saturated rings. The van der Waals surface area contributed by atoms with Crippen LogP contribution in [0.1, 0.15) is 27.3 Å². The Labute approximate surface area is 98.6 Å². The Morgan fingerprint density at radius 2 is 2.29 bits per heavy atom. The van der Waals surface area contributed by atoms with Crippen LogP contribution >= 0.6 is 0 Å². The van der Waals surface area contributed by atoms with Crippen molar-refractivity contribution in [2.24, 2.45) is 0 Å². The van der Waals surface area contributed by atoms with Gasteiger partial charge in [0.25, 0.3) is 5.91 Å². The highest BCUT2D eigenvalue weighted by molar-refractivity contribution is 6.03. The van der Waals surface area contributed by atoms with Crippen LogP contribution in [0.15, 0.2) is 18.3 Å². The lowest BCUT2D eigenvalue weighted by Gasteiger charge is -2.06. The molecule has 1 aromatic heterocycles. The van der Waals surface area contributed by atoms with E-state index in [0.29, 0.717) is 19.6 Å². The summed E-state index contributed by atoms with van der Waals surface area (Å²) >= 11 is 0. The van der Waals surface area contributed by atoms with Gasteiger partial charge in [0.15, 0.2) is 0 Å². The topological polar surface area (TPSA) is 88.5 Å². The van der Waals surface area contributed by atoms with Crippen molar-refractivity contribution < 1.29 is 19.4 Å². The molecule has 0 spiro atoms.